The summed E-state index contributed by atoms with van der Waals surface area (Å²) in [5, 5.41) is 12.0. The highest BCUT2D eigenvalue weighted by Crippen LogP contribution is 2.27. The van der Waals surface area contributed by atoms with E-state index in [4.69, 9.17) is 9.47 Å². The predicted molar refractivity (Wildman–Crippen MR) is 137 cm³/mol. The molecule has 180 valence electrons. The van der Waals surface area contributed by atoms with Crippen molar-refractivity contribution in [3.63, 3.8) is 0 Å². The molecule has 7 nitrogen and oxygen atoms in total. The fourth-order valence-corrected chi connectivity index (χ4v) is 4.37. The van der Waals surface area contributed by atoms with E-state index in [2.05, 4.69) is 15.5 Å². The van der Waals surface area contributed by atoms with Crippen LogP contribution in [-0.2, 0) is 17.9 Å². The Balaban J connectivity index is 1.47. The molecule has 1 atom stereocenters. The van der Waals surface area contributed by atoms with Crippen LogP contribution in [0.15, 0.2) is 84.0 Å². The topological polar surface area (TPSA) is 78.3 Å². The molecule has 35 heavy (non-hydrogen) atoms. The van der Waals surface area contributed by atoms with Gasteiger partial charge in [0.1, 0.15) is 18.1 Å². The van der Waals surface area contributed by atoms with E-state index in [0.717, 1.165) is 28.3 Å². The number of aromatic nitrogens is 3. The lowest BCUT2D eigenvalue weighted by Gasteiger charge is -2.14. The van der Waals surface area contributed by atoms with Crippen LogP contribution in [0.3, 0.4) is 0 Å². The van der Waals surface area contributed by atoms with Crippen molar-refractivity contribution in [1.29, 1.82) is 0 Å². The van der Waals surface area contributed by atoms with Crippen molar-refractivity contribution in [2.75, 3.05) is 7.11 Å². The van der Waals surface area contributed by atoms with Crippen LogP contribution in [0.25, 0.3) is 5.69 Å². The number of hydrogen-bond donors (Lipinski definition) is 1. The summed E-state index contributed by atoms with van der Waals surface area (Å²) in [4.78, 5) is 12.8. The molecule has 0 radical (unpaired) electrons. The molecule has 1 amide bonds. The van der Waals surface area contributed by atoms with E-state index in [0.29, 0.717) is 17.5 Å². The lowest BCUT2D eigenvalue weighted by molar-refractivity contribution is -0.120. The van der Waals surface area contributed by atoms with Gasteiger partial charge in [-0.1, -0.05) is 60.3 Å². The minimum atomic E-state index is -0.370. The SMILES string of the molecule is COc1ccc(CNC(=O)C(C)Sc2nnc(COc3ccccc3C)n2-c2ccccc2)cc1. The molecule has 0 fully saturated rings. The fourth-order valence-electron chi connectivity index (χ4n) is 3.46. The lowest BCUT2D eigenvalue weighted by Crippen LogP contribution is -2.30. The maximum absolute atomic E-state index is 12.8. The first-order chi connectivity index (χ1) is 17.0. The number of aryl methyl sites for hydroxylation is 1. The van der Waals surface area contributed by atoms with Crippen molar-refractivity contribution >= 4 is 17.7 Å². The van der Waals surface area contributed by atoms with Crippen molar-refractivity contribution in [3.8, 4) is 17.2 Å². The van der Waals surface area contributed by atoms with Gasteiger partial charge < -0.3 is 14.8 Å². The van der Waals surface area contributed by atoms with E-state index in [1.165, 1.54) is 11.8 Å². The fraction of sp³-hybridized carbons (Fsp3) is 0.222. The third-order valence-electron chi connectivity index (χ3n) is 5.44. The largest absolute Gasteiger partial charge is 0.497 e. The number of amides is 1. The maximum atomic E-state index is 12.8. The van der Waals surface area contributed by atoms with Gasteiger partial charge in [0.15, 0.2) is 11.0 Å². The summed E-state index contributed by atoms with van der Waals surface area (Å²) in [5.41, 5.74) is 2.96. The van der Waals surface area contributed by atoms with Gasteiger partial charge in [-0.05, 0) is 55.3 Å². The Labute approximate surface area is 209 Å². The molecule has 0 aliphatic rings. The number of nitrogens with one attached hydrogen (secondary N) is 1. The zero-order valence-corrected chi connectivity index (χ0v) is 20.8. The lowest BCUT2D eigenvalue weighted by atomic mass is 10.2. The third-order valence-corrected chi connectivity index (χ3v) is 6.49. The van der Waals surface area contributed by atoms with Gasteiger partial charge in [-0.25, -0.2) is 0 Å². The molecule has 4 rings (SSSR count). The normalized spacial score (nSPS) is 11.6. The number of ether oxygens (including phenoxy) is 2. The molecule has 3 aromatic carbocycles. The molecule has 0 saturated heterocycles. The number of nitrogens with zero attached hydrogens (tertiary/aromatic N) is 3. The van der Waals surface area contributed by atoms with Crippen LogP contribution in [0.1, 0.15) is 23.9 Å². The van der Waals surface area contributed by atoms with Gasteiger partial charge in [0.2, 0.25) is 5.91 Å². The average Bonchev–Trinajstić information content (AvgIpc) is 3.29. The van der Waals surface area contributed by atoms with Crippen molar-refractivity contribution in [1.82, 2.24) is 20.1 Å². The summed E-state index contributed by atoms with van der Waals surface area (Å²) in [7, 11) is 1.63. The predicted octanol–water partition coefficient (Wildman–Crippen LogP) is 4.96. The van der Waals surface area contributed by atoms with E-state index in [1.54, 1.807) is 7.11 Å². The Bertz CT molecular complexity index is 1260. The number of para-hydroxylation sites is 2. The van der Waals surface area contributed by atoms with E-state index >= 15 is 0 Å². The Kier molecular flexibility index (Phi) is 8.05. The maximum Gasteiger partial charge on any atom is 0.233 e. The quantitative estimate of drug-likeness (QED) is 0.318. The Morgan fingerprint density at radius 2 is 1.71 bits per heavy atom. The number of rotatable bonds is 10. The molecule has 0 aliphatic carbocycles. The van der Waals surface area contributed by atoms with E-state index < -0.39 is 0 Å². The Morgan fingerprint density at radius 3 is 2.43 bits per heavy atom. The molecule has 0 spiro atoms. The molecule has 0 bridgehead atoms. The van der Waals surface area contributed by atoms with Crippen LogP contribution < -0.4 is 14.8 Å². The number of methoxy groups -OCH3 is 1. The molecule has 0 aliphatic heterocycles. The first-order valence-electron chi connectivity index (χ1n) is 11.3. The number of carbonyl (C=O) groups excluding carboxylic acids is 1. The van der Waals surface area contributed by atoms with Crippen molar-refractivity contribution in [2.24, 2.45) is 0 Å². The summed E-state index contributed by atoms with van der Waals surface area (Å²) in [6.45, 7) is 4.56. The summed E-state index contributed by atoms with van der Waals surface area (Å²) in [6, 6.07) is 25.3. The number of benzene rings is 3. The second-order valence-electron chi connectivity index (χ2n) is 7.95. The first-order valence-corrected chi connectivity index (χ1v) is 12.2. The summed E-state index contributed by atoms with van der Waals surface area (Å²) in [5.74, 6) is 2.17. The standard InChI is InChI=1S/C27H28N4O3S/c1-19-9-7-8-12-24(19)34-18-25-29-30-27(31(25)22-10-5-4-6-11-22)35-20(2)26(32)28-17-21-13-15-23(33-3)16-14-21/h4-16,20H,17-18H2,1-3H3,(H,28,32). The van der Waals surface area contributed by atoms with Gasteiger partial charge in [-0.3, -0.25) is 9.36 Å². The minimum absolute atomic E-state index is 0.0776. The second-order valence-corrected chi connectivity index (χ2v) is 9.26. The van der Waals surface area contributed by atoms with Crippen molar-refractivity contribution in [2.45, 2.75) is 37.4 Å². The minimum Gasteiger partial charge on any atom is -0.497 e. The zero-order valence-electron chi connectivity index (χ0n) is 20.0. The average molecular weight is 489 g/mol. The molecule has 8 heteroatoms. The number of thioether (sulfide) groups is 1. The van der Waals surface area contributed by atoms with Crippen LogP contribution in [0.5, 0.6) is 11.5 Å². The monoisotopic (exact) mass is 488 g/mol. The van der Waals surface area contributed by atoms with Crippen LogP contribution in [0.2, 0.25) is 0 Å². The van der Waals surface area contributed by atoms with Crippen LogP contribution in [0.4, 0.5) is 0 Å². The molecule has 1 unspecified atom stereocenters. The highest BCUT2D eigenvalue weighted by Gasteiger charge is 2.21. The molecule has 1 heterocycles. The Hall–Kier alpha value is -3.78. The molecular formula is C27H28N4O3S. The number of hydrogen-bond acceptors (Lipinski definition) is 6. The van der Waals surface area contributed by atoms with Gasteiger partial charge in [-0.15, -0.1) is 10.2 Å². The molecule has 4 aromatic rings. The molecule has 1 N–H and O–H groups in total. The summed E-state index contributed by atoms with van der Waals surface area (Å²) < 4.78 is 13.2. The van der Waals surface area contributed by atoms with Gasteiger partial charge in [0.05, 0.1) is 12.4 Å². The van der Waals surface area contributed by atoms with Crippen molar-refractivity contribution in [3.05, 3.63) is 95.8 Å². The van der Waals surface area contributed by atoms with Crippen molar-refractivity contribution < 1.29 is 14.3 Å². The van der Waals surface area contributed by atoms with E-state index in [1.807, 2.05) is 97.3 Å². The van der Waals surface area contributed by atoms with Gasteiger partial charge >= 0.3 is 0 Å². The van der Waals surface area contributed by atoms with E-state index in [9.17, 15) is 4.79 Å². The second kappa shape index (κ2) is 11.6. The summed E-state index contributed by atoms with van der Waals surface area (Å²) >= 11 is 1.36. The van der Waals surface area contributed by atoms with Gasteiger partial charge in [0, 0.05) is 12.2 Å². The highest BCUT2D eigenvalue weighted by molar-refractivity contribution is 8.00. The first kappa shape index (κ1) is 24.3. The third kappa shape index (κ3) is 6.22. The van der Waals surface area contributed by atoms with E-state index in [-0.39, 0.29) is 17.8 Å². The van der Waals surface area contributed by atoms with Gasteiger partial charge in [-0.2, -0.15) is 0 Å². The number of carbonyl (C=O) groups is 1. The molecule has 1 aromatic heterocycles. The zero-order chi connectivity index (χ0) is 24.6. The molecular weight excluding hydrogens is 460 g/mol. The highest BCUT2D eigenvalue weighted by atomic mass is 32.2. The van der Waals surface area contributed by atoms with Crippen LogP contribution in [0, 0.1) is 6.92 Å². The van der Waals surface area contributed by atoms with Crippen LogP contribution >= 0.6 is 11.8 Å². The molecule has 0 saturated carbocycles. The van der Waals surface area contributed by atoms with Gasteiger partial charge in [0.25, 0.3) is 0 Å². The Morgan fingerprint density at radius 1 is 1.00 bits per heavy atom. The summed E-state index contributed by atoms with van der Waals surface area (Å²) in [6.07, 6.45) is 0. The smallest absolute Gasteiger partial charge is 0.233 e. The van der Waals surface area contributed by atoms with Crippen LogP contribution in [-0.4, -0.2) is 33.0 Å².